The first-order valence-corrected chi connectivity index (χ1v) is 9.71. The summed E-state index contributed by atoms with van der Waals surface area (Å²) in [5.74, 6) is 1.68. The number of oxazole rings is 1. The van der Waals surface area contributed by atoms with Crippen molar-refractivity contribution in [1.29, 1.82) is 0 Å². The summed E-state index contributed by atoms with van der Waals surface area (Å²) in [4.78, 5) is 16.7. The monoisotopic (exact) mass is 402 g/mol. The molecule has 4 aromatic rings. The number of aromatic nitrogens is 1. The average Bonchev–Trinajstić information content (AvgIpc) is 3.22. The van der Waals surface area contributed by atoms with Crippen molar-refractivity contribution in [1.82, 2.24) is 4.98 Å². The minimum absolute atomic E-state index is 0.0554. The van der Waals surface area contributed by atoms with Gasteiger partial charge < -0.3 is 19.2 Å². The van der Waals surface area contributed by atoms with Crippen LogP contribution in [0.2, 0.25) is 0 Å². The predicted octanol–water partition coefficient (Wildman–Crippen LogP) is 5.08. The van der Waals surface area contributed by atoms with Gasteiger partial charge in [0.05, 0.1) is 7.11 Å². The number of hydrogen-bond acceptors (Lipinski definition) is 5. The van der Waals surface area contributed by atoms with Crippen LogP contribution in [-0.4, -0.2) is 24.6 Å². The summed E-state index contributed by atoms with van der Waals surface area (Å²) < 4.78 is 16.6. The van der Waals surface area contributed by atoms with Crippen LogP contribution in [0.25, 0.3) is 22.6 Å². The first kappa shape index (κ1) is 19.5. The third-order valence-corrected chi connectivity index (χ3v) is 4.71. The van der Waals surface area contributed by atoms with Crippen LogP contribution in [0.15, 0.2) is 71.1 Å². The fourth-order valence-corrected chi connectivity index (χ4v) is 3.02. The summed E-state index contributed by atoms with van der Waals surface area (Å²) in [7, 11) is 1.61. The van der Waals surface area contributed by atoms with Crippen LogP contribution in [0, 0.1) is 0 Å². The van der Waals surface area contributed by atoms with E-state index in [1.54, 1.807) is 19.2 Å². The number of nitrogens with one attached hydrogen (secondary N) is 1. The number of anilines is 1. The normalized spacial score (nSPS) is 10.7. The van der Waals surface area contributed by atoms with Crippen molar-refractivity contribution in [2.75, 3.05) is 19.0 Å². The van der Waals surface area contributed by atoms with E-state index in [0.717, 1.165) is 23.3 Å². The number of hydrogen-bond donors (Lipinski definition) is 1. The Balaban J connectivity index is 1.37. The second-order valence-electron chi connectivity index (χ2n) is 6.76. The zero-order valence-corrected chi connectivity index (χ0v) is 16.8. The zero-order chi connectivity index (χ0) is 20.9. The maximum Gasteiger partial charge on any atom is 0.262 e. The Hall–Kier alpha value is -3.80. The molecule has 0 saturated heterocycles. The zero-order valence-electron chi connectivity index (χ0n) is 16.8. The van der Waals surface area contributed by atoms with E-state index in [2.05, 4.69) is 17.2 Å². The lowest BCUT2D eigenvalue weighted by Gasteiger charge is -2.08. The molecule has 0 saturated carbocycles. The number of benzene rings is 3. The molecule has 4 rings (SSSR count). The summed E-state index contributed by atoms with van der Waals surface area (Å²) in [6.45, 7) is 2.04. The molecule has 1 heterocycles. The van der Waals surface area contributed by atoms with Crippen LogP contribution in [0.5, 0.6) is 11.5 Å². The molecular weight excluding hydrogens is 380 g/mol. The van der Waals surface area contributed by atoms with Gasteiger partial charge in [-0.1, -0.05) is 19.1 Å². The van der Waals surface area contributed by atoms with Crippen molar-refractivity contribution in [3.8, 4) is 23.0 Å². The molecule has 0 aliphatic rings. The van der Waals surface area contributed by atoms with Gasteiger partial charge in [0.1, 0.15) is 17.0 Å². The van der Waals surface area contributed by atoms with Gasteiger partial charge in [0.15, 0.2) is 12.2 Å². The predicted molar refractivity (Wildman–Crippen MR) is 116 cm³/mol. The SMILES string of the molecule is CCc1ccc(OCC(=O)Nc2ccc(-c3nc4cc(OC)ccc4o3)cc2)cc1. The van der Waals surface area contributed by atoms with E-state index < -0.39 is 0 Å². The molecule has 0 unspecified atom stereocenters. The molecule has 152 valence electrons. The largest absolute Gasteiger partial charge is 0.497 e. The highest BCUT2D eigenvalue weighted by atomic mass is 16.5. The highest BCUT2D eigenvalue weighted by Gasteiger charge is 2.10. The highest BCUT2D eigenvalue weighted by molar-refractivity contribution is 5.92. The molecule has 0 bridgehead atoms. The number of carbonyl (C=O) groups is 1. The second-order valence-corrected chi connectivity index (χ2v) is 6.76. The molecule has 3 aromatic carbocycles. The molecule has 1 amide bonds. The summed E-state index contributed by atoms with van der Waals surface area (Å²) in [6, 6.07) is 20.5. The van der Waals surface area contributed by atoms with Gasteiger partial charge in [-0.15, -0.1) is 0 Å². The number of nitrogens with zero attached hydrogens (tertiary/aromatic N) is 1. The second kappa shape index (κ2) is 8.69. The molecule has 0 atom stereocenters. The van der Waals surface area contributed by atoms with E-state index in [9.17, 15) is 4.79 Å². The average molecular weight is 402 g/mol. The van der Waals surface area contributed by atoms with Crippen LogP contribution >= 0.6 is 0 Å². The summed E-state index contributed by atoms with van der Waals surface area (Å²) >= 11 is 0. The first-order chi connectivity index (χ1) is 14.6. The number of ether oxygens (including phenoxy) is 2. The quantitative estimate of drug-likeness (QED) is 0.466. The van der Waals surface area contributed by atoms with Crippen molar-refractivity contribution in [3.63, 3.8) is 0 Å². The maximum atomic E-state index is 12.2. The highest BCUT2D eigenvalue weighted by Crippen LogP contribution is 2.27. The summed E-state index contributed by atoms with van der Waals surface area (Å²) in [5.41, 5.74) is 4.13. The number of rotatable bonds is 7. The van der Waals surface area contributed by atoms with E-state index >= 15 is 0 Å². The van der Waals surface area contributed by atoms with Crippen molar-refractivity contribution < 1.29 is 18.7 Å². The number of carbonyl (C=O) groups excluding carboxylic acids is 1. The van der Waals surface area contributed by atoms with Crippen LogP contribution in [-0.2, 0) is 11.2 Å². The van der Waals surface area contributed by atoms with Gasteiger partial charge in [0, 0.05) is 17.3 Å². The fraction of sp³-hybridized carbons (Fsp3) is 0.167. The third kappa shape index (κ3) is 4.43. The van der Waals surface area contributed by atoms with E-state index in [4.69, 9.17) is 13.9 Å². The Morgan fingerprint density at radius 1 is 1.00 bits per heavy atom. The van der Waals surface area contributed by atoms with Crippen LogP contribution < -0.4 is 14.8 Å². The lowest BCUT2D eigenvalue weighted by molar-refractivity contribution is -0.118. The van der Waals surface area contributed by atoms with Crippen LogP contribution in [0.1, 0.15) is 12.5 Å². The van der Waals surface area contributed by atoms with Gasteiger partial charge >= 0.3 is 0 Å². The van der Waals surface area contributed by atoms with Gasteiger partial charge in [-0.25, -0.2) is 4.98 Å². The third-order valence-electron chi connectivity index (χ3n) is 4.71. The smallest absolute Gasteiger partial charge is 0.262 e. The Kier molecular flexibility index (Phi) is 5.66. The van der Waals surface area contributed by atoms with Crippen molar-refractivity contribution in [3.05, 3.63) is 72.3 Å². The Labute approximate surface area is 174 Å². The van der Waals surface area contributed by atoms with Crippen molar-refractivity contribution >= 4 is 22.7 Å². The molecule has 0 aliphatic heterocycles. The van der Waals surface area contributed by atoms with Crippen LogP contribution in [0.4, 0.5) is 5.69 Å². The molecule has 0 aliphatic carbocycles. The van der Waals surface area contributed by atoms with Crippen molar-refractivity contribution in [2.45, 2.75) is 13.3 Å². The Morgan fingerprint density at radius 3 is 2.43 bits per heavy atom. The molecule has 0 radical (unpaired) electrons. The fourth-order valence-electron chi connectivity index (χ4n) is 3.02. The number of fused-ring (bicyclic) bond motifs is 1. The first-order valence-electron chi connectivity index (χ1n) is 9.71. The molecule has 1 aromatic heterocycles. The summed E-state index contributed by atoms with van der Waals surface area (Å²) in [5, 5.41) is 2.82. The number of amides is 1. The minimum atomic E-state index is -0.226. The standard InChI is InChI=1S/C24H22N2O4/c1-3-16-4-10-19(11-5-16)29-15-23(27)25-18-8-6-17(7-9-18)24-26-21-14-20(28-2)12-13-22(21)30-24/h4-14H,3,15H2,1-2H3,(H,25,27). The minimum Gasteiger partial charge on any atom is -0.497 e. The molecule has 1 N–H and O–H groups in total. The molecule has 6 heteroatoms. The van der Waals surface area contributed by atoms with Gasteiger partial charge in [-0.2, -0.15) is 0 Å². The number of aryl methyl sites for hydroxylation is 1. The van der Waals surface area contributed by atoms with Gasteiger partial charge in [0.2, 0.25) is 5.89 Å². The van der Waals surface area contributed by atoms with Crippen LogP contribution in [0.3, 0.4) is 0 Å². The molecular formula is C24H22N2O4. The maximum absolute atomic E-state index is 12.2. The lowest BCUT2D eigenvalue weighted by atomic mass is 10.2. The van der Waals surface area contributed by atoms with Gasteiger partial charge in [-0.05, 0) is 60.5 Å². The van der Waals surface area contributed by atoms with E-state index in [0.29, 0.717) is 22.9 Å². The topological polar surface area (TPSA) is 73.6 Å². The summed E-state index contributed by atoms with van der Waals surface area (Å²) in [6.07, 6.45) is 0.967. The van der Waals surface area contributed by atoms with Crippen molar-refractivity contribution in [2.24, 2.45) is 0 Å². The Bertz CT molecular complexity index is 1150. The molecule has 6 nitrogen and oxygen atoms in total. The van der Waals surface area contributed by atoms with E-state index in [1.807, 2.05) is 54.6 Å². The Morgan fingerprint density at radius 2 is 1.73 bits per heavy atom. The molecule has 30 heavy (non-hydrogen) atoms. The van der Waals surface area contributed by atoms with E-state index in [1.165, 1.54) is 5.56 Å². The van der Waals surface area contributed by atoms with E-state index in [-0.39, 0.29) is 12.5 Å². The lowest BCUT2D eigenvalue weighted by Crippen LogP contribution is -2.20. The van der Waals surface area contributed by atoms with Gasteiger partial charge in [-0.3, -0.25) is 4.79 Å². The number of methoxy groups -OCH3 is 1. The van der Waals surface area contributed by atoms with Gasteiger partial charge in [0.25, 0.3) is 5.91 Å². The molecule has 0 spiro atoms. The molecule has 0 fully saturated rings.